The lowest BCUT2D eigenvalue weighted by molar-refractivity contribution is 0.115. The van der Waals surface area contributed by atoms with Crippen LogP contribution in [0.5, 0.6) is 0 Å². The van der Waals surface area contributed by atoms with Gasteiger partial charge in [0.2, 0.25) is 0 Å². The molecule has 0 saturated carbocycles. The average Bonchev–Trinajstić information content (AvgIpc) is 2.36. The molecular formula is C15H26N2O. The van der Waals surface area contributed by atoms with E-state index in [2.05, 4.69) is 37.1 Å². The first-order valence-electron chi connectivity index (χ1n) is 6.99. The highest BCUT2D eigenvalue weighted by Gasteiger charge is 2.02. The van der Waals surface area contributed by atoms with Gasteiger partial charge in [0.05, 0.1) is 6.61 Å². The fraction of sp³-hybridized carbons (Fsp3) is 0.667. The van der Waals surface area contributed by atoms with Gasteiger partial charge in [-0.3, -0.25) is 0 Å². The van der Waals surface area contributed by atoms with E-state index in [9.17, 15) is 0 Å². The molecule has 0 aliphatic carbocycles. The van der Waals surface area contributed by atoms with Crippen LogP contribution in [0.15, 0.2) is 18.3 Å². The third kappa shape index (κ3) is 6.01. The number of pyridine rings is 1. The number of aromatic nitrogens is 1. The molecule has 1 heterocycles. The molecule has 3 nitrogen and oxygen atoms in total. The molecule has 0 aromatic carbocycles. The Morgan fingerprint density at radius 3 is 2.94 bits per heavy atom. The molecule has 1 N–H and O–H groups in total. The van der Waals surface area contributed by atoms with Crippen molar-refractivity contribution in [1.29, 1.82) is 0 Å². The zero-order chi connectivity index (χ0) is 13.2. The Kier molecular flexibility index (Phi) is 7.42. The minimum absolute atomic E-state index is 0.651. The van der Waals surface area contributed by atoms with Crippen molar-refractivity contribution >= 4 is 5.82 Å². The predicted octanol–water partition coefficient (Wildman–Crippen LogP) is 3.86. The molecule has 102 valence electrons. The monoisotopic (exact) mass is 250 g/mol. The van der Waals surface area contributed by atoms with Gasteiger partial charge in [-0.05, 0) is 31.2 Å². The van der Waals surface area contributed by atoms with Gasteiger partial charge in [0.1, 0.15) is 5.82 Å². The Labute approximate surface area is 111 Å². The molecule has 0 bridgehead atoms. The minimum Gasteiger partial charge on any atom is -0.377 e. The van der Waals surface area contributed by atoms with Crippen molar-refractivity contribution in [2.75, 3.05) is 18.5 Å². The van der Waals surface area contributed by atoms with E-state index in [1.165, 1.54) is 6.42 Å². The van der Waals surface area contributed by atoms with Gasteiger partial charge in [0.15, 0.2) is 0 Å². The summed E-state index contributed by atoms with van der Waals surface area (Å²) in [6, 6.07) is 4.04. The highest BCUT2D eigenvalue weighted by atomic mass is 16.5. The van der Waals surface area contributed by atoms with Crippen LogP contribution in [0, 0.1) is 5.92 Å². The molecule has 0 unspecified atom stereocenters. The standard InChI is InChI=1S/C15H26N2O/c1-4-9-16-15-14(8-5-10-17-15)12-18-11-6-7-13(2)3/h5,8,10,13H,4,6-7,9,11-12H2,1-3H3,(H,16,17). The summed E-state index contributed by atoms with van der Waals surface area (Å²) in [6.45, 7) is 9.08. The minimum atomic E-state index is 0.651. The van der Waals surface area contributed by atoms with Crippen LogP contribution in [0.4, 0.5) is 5.82 Å². The van der Waals surface area contributed by atoms with Crippen LogP contribution < -0.4 is 5.32 Å². The summed E-state index contributed by atoms with van der Waals surface area (Å²) in [5.41, 5.74) is 1.15. The molecule has 0 spiro atoms. The Balaban J connectivity index is 2.32. The third-order valence-corrected chi connectivity index (χ3v) is 2.76. The number of anilines is 1. The molecule has 18 heavy (non-hydrogen) atoms. The summed E-state index contributed by atoms with van der Waals surface area (Å²) in [5.74, 6) is 1.72. The zero-order valence-corrected chi connectivity index (χ0v) is 11.9. The number of rotatable bonds is 9. The van der Waals surface area contributed by atoms with E-state index in [1.54, 1.807) is 0 Å². The lowest BCUT2D eigenvalue weighted by Crippen LogP contribution is -2.06. The van der Waals surface area contributed by atoms with Crippen LogP contribution in [0.3, 0.4) is 0 Å². The van der Waals surface area contributed by atoms with Gasteiger partial charge in [-0.1, -0.05) is 26.8 Å². The first kappa shape index (κ1) is 15.0. The summed E-state index contributed by atoms with van der Waals surface area (Å²) in [7, 11) is 0. The van der Waals surface area contributed by atoms with Gasteiger partial charge in [0.25, 0.3) is 0 Å². The van der Waals surface area contributed by atoms with Crippen molar-refractivity contribution in [2.24, 2.45) is 5.92 Å². The largest absolute Gasteiger partial charge is 0.377 e. The summed E-state index contributed by atoms with van der Waals surface area (Å²) in [5, 5.41) is 3.33. The smallest absolute Gasteiger partial charge is 0.131 e. The highest BCUT2D eigenvalue weighted by molar-refractivity contribution is 5.43. The Bertz CT molecular complexity index is 326. The lowest BCUT2D eigenvalue weighted by atomic mass is 10.1. The fourth-order valence-corrected chi connectivity index (χ4v) is 1.73. The third-order valence-electron chi connectivity index (χ3n) is 2.76. The van der Waals surface area contributed by atoms with Crippen molar-refractivity contribution in [3.63, 3.8) is 0 Å². The SMILES string of the molecule is CCCNc1ncccc1COCCCC(C)C. The van der Waals surface area contributed by atoms with E-state index in [0.717, 1.165) is 43.3 Å². The molecule has 1 rings (SSSR count). The van der Waals surface area contributed by atoms with E-state index in [0.29, 0.717) is 6.61 Å². The predicted molar refractivity (Wildman–Crippen MR) is 76.7 cm³/mol. The molecule has 0 aliphatic rings. The fourth-order valence-electron chi connectivity index (χ4n) is 1.73. The second-order valence-corrected chi connectivity index (χ2v) is 5.03. The van der Waals surface area contributed by atoms with Gasteiger partial charge < -0.3 is 10.1 Å². The molecular weight excluding hydrogens is 224 g/mol. The summed E-state index contributed by atoms with van der Waals surface area (Å²) < 4.78 is 5.71. The van der Waals surface area contributed by atoms with Crippen molar-refractivity contribution in [1.82, 2.24) is 4.98 Å². The quantitative estimate of drug-likeness (QED) is 0.676. The summed E-state index contributed by atoms with van der Waals surface area (Å²) in [6.07, 6.45) is 5.29. The van der Waals surface area contributed by atoms with E-state index in [-0.39, 0.29) is 0 Å². The van der Waals surface area contributed by atoms with E-state index >= 15 is 0 Å². The van der Waals surface area contributed by atoms with Crippen LogP contribution >= 0.6 is 0 Å². The maximum atomic E-state index is 5.71. The van der Waals surface area contributed by atoms with Crippen molar-refractivity contribution in [3.8, 4) is 0 Å². The molecule has 1 aromatic rings. The van der Waals surface area contributed by atoms with Gasteiger partial charge in [-0.15, -0.1) is 0 Å². The topological polar surface area (TPSA) is 34.2 Å². The van der Waals surface area contributed by atoms with Crippen molar-refractivity contribution in [2.45, 2.75) is 46.6 Å². The van der Waals surface area contributed by atoms with E-state index in [4.69, 9.17) is 4.74 Å². The molecule has 0 saturated heterocycles. The van der Waals surface area contributed by atoms with Gasteiger partial charge in [-0.2, -0.15) is 0 Å². The number of hydrogen-bond donors (Lipinski definition) is 1. The second kappa shape index (κ2) is 8.92. The van der Waals surface area contributed by atoms with Crippen molar-refractivity contribution in [3.05, 3.63) is 23.9 Å². The maximum Gasteiger partial charge on any atom is 0.131 e. The molecule has 0 radical (unpaired) electrons. The van der Waals surface area contributed by atoms with E-state index < -0.39 is 0 Å². The van der Waals surface area contributed by atoms with E-state index in [1.807, 2.05) is 12.3 Å². The Morgan fingerprint density at radius 2 is 2.22 bits per heavy atom. The zero-order valence-electron chi connectivity index (χ0n) is 11.9. The number of hydrogen-bond acceptors (Lipinski definition) is 3. The number of nitrogens with zero attached hydrogens (tertiary/aromatic N) is 1. The normalized spacial score (nSPS) is 10.9. The first-order valence-corrected chi connectivity index (χ1v) is 6.99. The first-order chi connectivity index (χ1) is 8.74. The molecule has 0 amide bonds. The van der Waals surface area contributed by atoms with Gasteiger partial charge in [0, 0.05) is 24.9 Å². The molecule has 0 atom stereocenters. The van der Waals surface area contributed by atoms with Crippen LogP contribution in [0.25, 0.3) is 0 Å². The molecule has 0 fully saturated rings. The van der Waals surface area contributed by atoms with Crippen LogP contribution in [-0.4, -0.2) is 18.1 Å². The van der Waals surface area contributed by atoms with Crippen LogP contribution in [0.1, 0.15) is 45.6 Å². The average molecular weight is 250 g/mol. The molecule has 3 heteroatoms. The number of nitrogens with one attached hydrogen (secondary N) is 1. The lowest BCUT2D eigenvalue weighted by Gasteiger charge is -2.11. The van der Waals surface area contributed by atoms with Crippen molar-refractivity contribution < 1.29 is 4.74 Å². The molecule has 1 aromatic heterocycles. The number of ether oxygens (including phenoxy) is 1. The summed E-state index contributed by atoms with van der Waals surface area (Å²) >= 11 is 0. The van der Waals surface area contributed by atoms with Gasteiger partial charge >= 0.3 is 0 Å². The maximum absolute atomic E-state index is 5.71. The molecule has 0 aliphatic heterocycles. The van der Waals surface area contributed by atoms with Crippen LogP contribution in [-0.2, 0) is 11.3 Å². The Hall–Kier alpha value is -1.09. The Morgan fingerprint density at radius 1 is 1.39 bits per heavy atom. The van der Waals surface area contributed by atoms with Gasteiger partial charge in [-0.25, -0.2) is 4.98 Å². The highest BCUT2D eigenvalue weighted by Crippen LogP contribution is 2.13. The second-order valence-electron chi connectivity index (χ2n) is 5.03. The van der Waals surface area contributed by atoms with Crippen LogP contribution in [0.2, 0.25) is 0 Å². The summed E-state index contributed by atoms with van der Waals surface area (Å²) in [4.78, 5) is 4.35.